The van der Waals surface area contributed by atoms with E-state index < -0.39 is 0 Å². The first-order valence-electron chi connectivity index (χ1n) is 6.41. The maximum absolute atomic E-state index is 5.43. The number of nitrogens with one attached hydrogen (secondary N) is 2. The Labute approximate surface area is 117 Å². The molecule has 1 aromatic heterocycles. The van der Waals surface area contributed by atoms with Gasteiger partial charge in [-0.1, -0.05) is 12.1 Å². The Bertz CT molecular complexity index is 786. The smallest absolute Gasteiger partial charge is 0.156 e. The maximum atomic E-state index is 5.43. The molecule has 0 amide bonds. The van der Waals surface area contributed by atoms with E-state index in [0.717, 1.165) is 38.9 Å². The molecule has 0 unspecified atom stereocenters. The van der Waals surface area contributed by atoms with Crippen LogP contribution in [-0.4, -0.2) is 31.4 Å². The van der Waals surface area contributed by atoms with Gasteiger partial charge in [0.25, 0.3) is 0 Å². The lowest BCUT2D eigenvalue weighted by Gasteiger charge is -2.11. The van der Waals surface area contributed by atoms with E-state index in [0.29, 0.717) is 0 Å². The number of nitrogens with zero attached hydrogens (tertiary/aromatic N) is 2. The lowest BCUT2D eigenvalue weighted by atomic mass is 10.0. The third kappa shape index (κ3) is 1.79. The van der Waals surface area contributed by atoms with Gasteiger partial charge in [-0.15, -0.1) is 10.2 Å². The van der Waals surface area contributed by atoms with Crippen molar-refractivity contribution in [2.75, 3.05) is 31.8 Å². The summed E-state index contributed by atoms with van der Waals surface area (Å²) in [6.07, 6.45) is 0. The summed E-state index contributed by atoms with van der Waals surface area (Å²) in [5.41, 5.74) is 0. The summed E-state index contributed by atoms with van der Waals surface area (Å²) in [6.45, 7) is 0. The van der Waals surface area contributed by atoms with E-state index in [1.54, 1.807) is 7.11 Å². The minimum atomic E-state index is 0.756. The van der Waals surface area contributed by atoms with E-state index in [4.69, 9.17) is 4.74 Å². The largest absolute Gasteiger partial charge is 0.496 e. The SMILES string of the molecule is CNc1nnc(NC)c2cc3c(OC)cccc3cc12. The number of aromatic nitrogens is 2. The second-order valence-corrected chi connectivity index (χ2v) is 4.48. The molecular weight excluding hydrogens is 252 g/mol. The van der Waals surface area contributed by atoms with Crippen molar-refractivity contribution < 1.29 is 4.74 Å². The highest BCUT2D eigenvalue weighted by molar-refractivity contribution is 6.08. The van der Waals surface area contributed by atoms with Crippen LogP contribution in [0.25, 0.3) is 21.5 Å². The van der Waals surface area contributed by atoms with Crippen molar-refractivity contribution in [3.63, 3.8) is 0 Å². The number of ether oxygens (including phenoxy) is 1. The van der Waals surface area contributed by atoms with Gasteiger partial charge >= 0.3 is 0 Å². The Morgan fingerprint density at radius 1 is 0.900 bits per heavy atom. The van der Waals surface area contributed by atoms with E-state index >= 15 is 0 Å². The van der Waals surface area contributed by atoms with Gasteiger partial charge in [0.1, 0.15) is 5.75 Å². The van der Waals surface area contributed by atoms with Gasteiger partial charge in [0.2, 0.25) is 0 Å². The Hall–Kier alpha value is -2.56. The van der Waals surface area contributed by atoms with Gasteiger partial charge < -0.3 is 15.4 Å². The third-order valence-electron chi connectivity index (χ3n) is 3.43. The van der Waals surface area contributed by atoms with E-state index in [1.807, 2.05) is 26.2 Å². The molecule has 0 spiro atoms. The zero-order chi connectivity index (χ0) is 14.1. The molecule has 2 aromatic carbocycles. The molecule has 0 aliphatic heterocycles. The lowest BCUT2D eigenvalue weighted by Crippen LogP contribution is -2.01. The Balaban J connectivity index is 2.46. The van der Waals surface area contributed by atoms with Gasteiger partial charge in [-0.2, -0.15) is 0 Å². The molecule has 0 radical (unpaired) electrons. The first kappa shape index (κ1) is 12.5. The summed E-state index contributed by atoms with van der Waals surface area (Å²) in [5.74, 6) is 2.38. The Morgan fingerprint density at radius 3 is 2.15 bits per heavy atom. The van der Waals surface area contributed by atoms with Crippen molar-refractivity contribution in [2.24, 2.45) is 0 Å². The van der Waals surface area contributed by atoms with Crippen LogP contribution >= 0.6 is 0 Å². The molecule has 1 heterocycles. The van der Waals surface area contributed by atoms with Crippen LogP contribution in [0.2, 0.25) is 0 Å². The number of hydrogen-bond acceptors (Lipinski definition) is 5. The number of benzene rings is 2. The standard InChI is InChI=1S/C15H16N4O/c1-16-14-11-7-9-5-4-6-13(20-3)10(9)8-12(11)15(17-2)19-18-14/h4-8H,1-3H3,(H,16,18)(H,17,19). The van der Waals surface area contributed by atoms with Crippen LogP contribution in [0, 0.1) is 0 Å². The fourth-order valence-corrected chi connectivity index (χ4v) is 2.44. The van der Waals surface area contributed by atoms with Crippen molar-refractivity contribution in [2.45, 2.75) is 0 Å². The van der Waals surface area contributed by atoms with Crippen molar-refractivity contribution in [1.82, 2.24) is 10.2 Å². The summed E-state index contributed by atoms with van der Waals surface area (Å²) in [5, 5.41) is 18.8. The average Bonchev–Trinajstić information content (AvgIpc) is 2.51. The fourth-order valence-electron chi connectivity index (χ4n) is 2.44. The molecule has 3 aromatic rings. The third-order valence-corrected chi connectivity index (χ3v) is 3.43. The Kier molecular flexibility index (Phi) is 3.02. The van der Waals surface area contributed by atoms with E-state index in [2.05, 4.69) is 39.0 Å². The van der Waals surface area contributed by atoms with Gasteiger partial charge in [0.05, 0.1) is 7.11 Å². The van der Waals surface area contributed by atoms with Crippen LogP contribution in [0.3, 0.4) is 0 Å². The van der Waals surface area contributed by atoms with Crippen LogP contribution in [0.5, 0.6) is 5.75 Å². The van der Waals surface area contributed by atoms with Crippen molar-refractivity contribution in [3.8, 4) is 5.75 Å². The molecular formula is C15H16N4O. The average molecular weight is 268 g/mol. The maximum Gasteiger partial charge on any atom is 0.156 e. The topological polar surface area (TPSA) is 59.1 Å². The molecule has 0 bridgehead atoms. The highest BCUT2D eigenvalue weighted by Crippen LogP contribution is 2.34. The molecule has 0 atom stereocenters. The molecule has 0 saturated carbocycles. The second-order valence-electron chi connectivity index (χ2n) is 4.48. The predicted molar refractivity (Wildman–Crippen MR) is 82.7 cm³/mol. The first-order valence-corrected chi connectivity index (χ1v) is 6.41. The highest BCUT2D eigenvalue weighted by Gasteiger charge is 2.11. The summed E-state index contributed by atoms with van der Waals surface area (Å²) >= 11 is 0. The number of anilines is 2. The van der Waals surface area contributed by atoms with Gasteiger partial charge in [-0.05, 0) is 23.6 Å². The molecule has 0 aliphatic rings. The summed E-state index contributed by atoms with van der Waals surface area (Å²) in [4.78, 5) is 0. The molecule has 3 rings (SSSR count). The zero-order valence-electron chi connectivity index (χ0n) is 11.7. The van der Waals surface area contributed by atoms with E-state index in [9.17, 15) is 0 Å². The van der Waals surface area contributed by atoms with Gasteiger partial charge in [0, 0.05) is 30.3 Å². The van der Waals surface area contributed by atoms with Crippen molar-refractivity contribution in [1.29, 1.82) is 0 Å². The van der Waals surface area contributed by atoms with Crippen LogP contribution in [0.1, 0.15) is 0 Å². The van der Waals surface area contributed by atoms with Crippen LogP contribution in [-0.2, 0) is 0 Å². The van der Waals surface area contributed by atoms with Crippen LogP contribution in [0.4, 0.5) is 11.6 Å². The molecule has 0 saturated heterocycles. The Morgan fingerprint density at radius 2 is 1.55 bits per heavy atom. The first-order chi connectivity index (χ1) is 9.78. The van der Waals surface area contributed by atoms with Gasteiger partial charge in [-0.3, -0.25) is 0 Å². The molecule has 0 fully saturated rings. The van der Waals surface area contributed by atoms with Crippen LogP contribution < -0.4 is 15.4 Å². The fraction of sp³-hybridized carbons (Fsp3) is 0.200. The number of rotatable bonds is 3. The summed E-state index contributed by atoms with van der Waals surface area (Å²) < 4.78 is 5.43. The van der Waals surface area contributed by atoms with Crippen molar-refractivity contribution >= 4 is 33.2 Å². The molecule has 0 aliphatic carbocycles. The normalized spacial score (nSPS) is 10.8. The predicted octanol–water partition coefficient (Wildman–Crippen LogP) is 2.88. The zero-order valence-corrected chi connectivity index (χ0v) is 11.7. The molecule has 5 nitrogen and oxygen atoms in total. The van der Waals surface area contributed by atoms with Gasteiger partial charge in [-0.25, -0.2) is 0 Å². The van der Waals surface area contributed by atoms with Crippen LogP contribution in [0.15, 0.2) is 30.3 Å². The molecule has 2 N–H and O–H groups in total. The molecule has 20 heavy (non-hydrogen) atoms. The molecule has 102 valence electrons. The quantitative estimate of drug-likeness (QED) is 0.715. The number of methoxy groups -OCH3 is 1. The van der Waals surface area contributed by atoms with Gasteiger partial charge in [0.15, 0.2) is 11.6 Å². The minimum Gasteiger partial charge on any atom is -0.496 e. The lowest BCUT2D eigenvalue weighted by molar-refractivity contribution is 0.420. The number of fused-ring (bicyclic) bond motifs is 2. The van der Waals surface area contributed by atoms with Crippen molar-refractivity contribution in [3.05, 3.63) is 30.3 Å². The van der Waals surface area contributed by atoms with E-state index in [1.165, 1.54) is 0 Å². The second kappa shape index (κ2) is 4.85. The summed E-state index contributed by atoms with van der Waals surface area (Å²) in [7, 11) is 5.37. The number of hydrogen-bond donors (Lipinski definition) is 2. The monoisotopic (exact) mass is 268 g/mol. The molecule has 5 heteroatoms. The minimum absolute atomic E-state index is 0.756. The highest BCUT2D eigenvalue weighted by atomic mass is 16.5. The summed E-state index contributed by atoms with van der Waals surface area (Å²) in [6, 6.07) is 10.2. The van der Waals surface area contributed by atoms with E-state index in [-0.39, 0.29) is 0 Å².